The summed E-state index contributed by atoms with van der Waals surface area (Å²) in [6.07, 6.45) is 16.4. The fourth-order valence-electron chi connectivity index (χ4n) is 4.12. The van der Waals surface area contributed by atoms with E-state index in [4.69, 9.17) is 4.74 Å². The summed E-state index contributed by atoms with van der Waals surface area (Å²) < 4.78 is 6.21. The summed E-state index contributed by atoms with van der Waals surface area (Å²) in [4.78, 5) is 0. The van der Waals surface area contributed by atoms with Crippen molar-refractivity contribution in [3.05, 3.63) is 11.3 Å². The van der Waals surface area contributed by atoms with Crippen LogP contribution in [-0.2, 0) is 4.74 Å². The fourth-order valence-corrected chi connectivity index (χ4v) is 4.12. The minimum atomic E-state index is 0.711. The van der Waals surface area contributed by atoms with Gasteiger partial charge in [-0.05, 0) is 50.0 Å². The van der Waals surface area contributed by atoms with Crippen LogP contribution in [0.15, 0.2) is 11.3 Å². The molecule has 1 heteroatoms. The lowest BCUT2D eigenvalue weighted by Crippen LogP contribution is -2.19. The second kappa shape index (κ2) is 8.74. The molecule has 20 heavy (non-hydrogen) atoms. The van der Waals surface area contributed by atoms with E-state index in [1.54, 1.807) is 5.57 Å². The predicted molar refractivity (Wildman–Crippen MR) is 86.7 cm³/mol. The van der Waals surface area contributed by atoms with Crippen LogP contribution in [0.25, 0.3) is 0 Å². The van der Waals surface area contributed by atoms with Crippen LogP contribution in [0, 0.1) is 11.8 Å². The van der Waals surface area contributed by atoms with E-state index in [1.807, 2.05) is 0 Å². The van der Waals surface area contributed by atoms with Crippen molar-refractivity contribution in [2.75, 3.05) is 6.61 Å². The van der Waals surface area contributed by atoms with Gasteiger partial charge in [0.1, 0.15) is 0 Å². The van der Waals surface area contributed by atoms with Gasteiger partial charge in [-0.15, -0.1) is 0 Å². The van der Waals surface area contributed by atoms with Gasteiger partial charge in [0, 0.05) is 5.92 Å². The number of ether oxygens (including phenoxy) is 1. The zero-order chi connectivity index (χ0) is 14.2. The van der Waals surface area contributed by atoms with E-state index in [0.29, 0.717) is 5.92 Å². The molecule has 2 unspecified atom stereocenters. The number of rotatable bonds is 3. The Labute approximate surface area is 126 Å². The van der Waals surface area contributed by atoms with E-state index in [0.717, 1.165) is 12.5 Å². The Morgan fingerprint density at radius 1 is 0.900 bits per heavy atom. The molecule has 0 aromatic rings. The molecule has 1 aliphatic carbocycles. The fraction of sp³-hybridized carbons (Fsp3) is 0.895. The summed E-state index contributed by atoms with van der Waals surface area (Å²) in [6.45, 7) is 5.65. The molecule has 0 spiro atoms. The summed E-state index contributed by atoms with van der Waals surface area (Å²) in [5.74, 6) is 2.98. The quantitative estimate of drug-likeness (QED) is 0.594. The molecule has 0 N–H and O–H groups in total. The van der Waals surface area contributed by atoms with Gasteiger partial charge in [0.25, 0.3) is 0 Å². The van der Waals surface area contributed by atoms with Crippen molar-refractivity contribution >= 4 is 0 Å². The first-order valence-electron chi connectivity index (χ1n) is 9.22. The largest absolute Gasteiger partial charge is 0.498 e. The first-order valence-corrected chi connectivity index (χ1v) is 9.22. The summed E-state index contributed by atoms with van der Waals surface area (Å²) in [5.41, 5.74) is 1.73. The molecule has 0 saturated heterocycles. The van der Waals surface area contributed by atoms with Crippen LogP contribution in [0.1, 0.15) is 90.9 Å². The average molecular weight is 278 g/mol. The predicted octanol–water partition coefficient (Wildman–Crippen LogP) is 6.24. The van der Waals surface area contributed by atoms with Gasteiger partial charge >= 0.3 is 0 Å². The van der Waals surface area contributed by atoms with E-state index in [-0.39, 0.29) is 0 Å². The van der Waals surface area contributed by atoms with Crippen LogP contribution >= 0.6 is 0 Å². The highest BCUT2D eigenvalue weighted by atomic mass is 16.5. The monoisotopic (exact) mass is 278 g/mol. The minimum Gasteiger partial charge on any atom is -0.498 e. The number of hydrogen-bond donors (Lipinski definition) is 0. The van der Waals surface area contributed by atoms with Gasteiger partial charge in [0.2, 0.25) is 0 Å². The van der Waals surface area contributed by atoms with Gasteiger partial charge in [0.05, 0.1) is 12.4 Å². The number of allylic oxidation sites excluding steroid dienone is 2. The van der Waals surface area contributed by atoms with Crippen molar-refractivity contribution in [2.45, 2.75) is 90.9 Å². The van der Waals surface area contributed by atoms with Crippen molar-refractivity contribution in [1.82, 2.24) is 0 Å². The van der Waals surface area contributed by atoms with Crippen LogP contribution in [0.5, 0.6) is 0 Å². The van der Waals surface area contributed by atoms with Gasteiger partial charge < -0.3 is 4.74 Å². The second-order valence-electron chi connectivity index (χ2n) is 6.78. The van der Waals surface area contributed by atoms with Crippen LogP contribution in [0.3, 0.4) is 0 Å². The maximum absolute atomic E-state index is 6.21. The van der Waals surface area contributed by atoms with E-state index < -0.39 is 0 Å². The highest BCUT2D eigenvalue weighted by Crippen LogP contribution is 2.38. The topological polar surface area (TPSA) is 9.23 Å². The van der Waals surface area contributed by atoms with Gasteiger partial charge in [0.15, 0.2) is 0 Å². The third-order valence-electron chi connectivity index (χ3n) is 5.26. The van der Waals surface area contributed by atoms with E-state index in [9.17, 15) is 0 Å². The molecule has 0 saturated carbocycles. The zero-order valence-electron chi connectivity index (χ0n) is 13.8. The summed E-state index contributed by atoms with van der Waals surface area (Å²) in [7, 11) is 0. The third-order valence-corrected chi connectivity index (χ3v) is 5.26. The molecule has 1 heterocycles. The van der Waals surface area contributed by atoms with Gasteiger partial charge in [-0.3, -0.25) is 0 Å². The summed E-state index contributed by atoms with van der Waals surface area (Å²) in [5, 5.41) is 0. The van der Waals surface area contributed by atoms with Crippen molar-refractivity contribution in [1.29, 1.82) is 0 Å². The Morgan fingerprint density at radius 2 is 1.60 bits per heavy atom. The lowest BCUT2D eigenvalue weighted by atomic mass is 9.82. The van der Waals surface area contributed by atoms with Crippen molar-refractivity contribution < 1.29 is 4.74 Å². The lowest BCUT2D eigenvalue weighted by Gasteiger charge is -2.31. The molecular weight excluding hydrogens is 244 g/mol. The van der Waals surface area contributed by atoms with E-state index >= 15 is 0 Å². The first kappa shape index (κ1) is 15.9. The van der Waals surface area contributed by atoms with Gasteiger partial charge in [-0.1, -0.05) is 52.4 Å². The molecular formula is C19H34O. The Kier molecular flexibility index (Phi) is 6.96. The Balaban J connectivity index is 2.22. The average Bonchev–Trinajstić information content (AvgIpc) is 2.52. The smallest absolute Gasteiger partial charge is 0.0985 e. The normalized spacial score (nSPS) is 29.3. The second-order valence-corrected chi connectivity index (χ2v) is 6.78. The molecule has 2 aliphatic rings. The molecule has 0 aromatic carbocycles. The molecule has 0 radical (unpaired) electrons. The lowest BCUT2D eigenvalue weighted by molar-refractivity contribution is 0.140. The molecule has 2 atom stereocenters. The van der Waals surface area contributed by atoms with Crippen molar-refractivity contribution in [3.8, 4) is 0 Å². The maximum Gasteiger partial charge on any atom is 0.0985 e. The SMILES string of the molecule is CCCC1CCCCCCCC(CC)C2=C1CCCO2. The Hall–Kier alpha value is -0.460. The van der Waals surface area contributed by atoms with Crippen molar-refractivity contribution in [2.24, 2.45) is 11.8 Å². The van der Waals surface area contributed by atoms with Gasteiger partial charge in [-0.25, -0.2) is 0 Å². The zero-order valence-corrected chi connectivity index (χ0v) is 13.8. The third kappa shape index (κ3) is 4.27. The standard InChI is InChI=1S/C19H34O/c1-3-11-17-13-9-7-5-6-8-12-16(4-2)19-18(17)14-10-15-20-19/h16-17H,3-15H2,1-2H3. The molecule has 2 rings (SSSR count). The molecule has 0 amide bonds. The van der Waals surface area contributed by atoms with Crippen LogP contribution in [0.4, 0.5) is 0 Å². The molecule has 1 aliphatic heterocycles. The molecule has 1 nitrogen and oxygen atoms in total. The molecule has 0 aromatic heterocycles. The van der Waals surface area contributed by atoms with E-state index in [2.05, 4.69) is 13.8 Å². The minimum absolute atomic E-state index is 0.711. The van der Waals surface area contributed by atoms with Gasteiger partial charge in [-0.2, -0.15) is 0 Å². The van der Waals surface area contributed by atoms with Crippen LogP contribution < -0.4 is 0 Å². The van der Waals surface area contributed by atoms with Crippen molar-refractivity contribution in [3.63, 3.8) is 0 Å². The molecule has 116 valence electrons. The van der Waals surface area contributed by atoms with E-state index in [1.165, 1.54) is 82.8 Å². The maximum atomic E-state index is 6.21. The molecule has 0 bridgehead atoms. The Morgan fingerprint density at radius 3 is 2.30 bits per heavy atom. The Bertz CT molecular complexity index is 305. The summed E-state index contributed by atoms with van der Waals surface area (Å²) in [6, 6.07) is 0. The molecule has 0 fully saturated rings. The first-order chi connectivity index (χ1) is 9.86. The highest BCUT2D eigenvalue weighted by Gasteiger charge is 2.26. The van der Waals surface area contributed by atoms with Crippen LogP contribution in [-0.4, -0.2) is 6.61 Å². The summed E-state index contributed by atoms with van der Waals surface area (Å²) >= 11 is 0. The number of hydrogen-bond acceptors (Lipinski definition) is 1. The van der Waals surface area contributed by atoms with Crippen LogP contribution in [0.2, 0.25) is 0 Å². The highest BCUT2D eigenvalue weighted by molar-refractivity contribution is 5.17.